The molecular formula is C33H29ClN6O3. The van der Waals surface area contributed by atoms with E-state index in [4.69, 9.17) is 11.6 Å². The summed E-state index contributed by atoms with van der Waals surface area (Å²) >= 11 is 5.96. The molecule has 216 valence electrons. The van der Waals surface area contributed by atoms with Gasteiger partial charge in [0.1, 0.15) is 11.7 Å². The molecule has 0 bridgehead atoms. The number of benzene rings is 2. The summed E-state index contributed by atoms with van der Waals surface area (Å²) in [5.41, 5.74) is 6.36. The van der Waals surface area contributed by atoms with Crippen molar-refractivity contribution in [2.24, 2.45) is 10.1 Å². The molecule has 1 aliphatic carbocycles. The molecule has 43 heavy (non-hydrogen) atoms. The predicted octanol–water partition coefficient (Wildman–Crippen LogP) is 4.24. The van der Waals surface area contributed by atoms with E-state index in [9.17, 15) is 14.7 Å². The van der Waals surface area contributed by atoms with E-state index in [2.05, 4.69) is 20.5 Å². The van der Waals surface area contributed by atoms with Crippen LogP contribution in [0, 0.1) is 0 Å². The maximum Gasteiger partial charge on any atom is 0.333 e. The Bertz CT molecular complexity index is 1720. The SMILES string of the molecule is O=C1C(c2cccc(-c3cccc(/C=N/NC([O-])=NC4CCCC4)c3)c2)C(=O)[n+]2ccccc2N1Cc1ccc(Cl)nc1. The first-order chi connectivity index (χ1) is 21.0. The fourth-order valence-corrected chi connectivity index (χ4v) is 5.68. The number of hydrogen-bond acceptors (Lipinski definition) is 6. The van der Waals surface area contributed by atoms with Gasteiger partial charge in [-0.15, -0.1) is 0 Å². The van der Waals surface area contributed by atoms with Gasteiger partial charge in [0.15, 0.2) is 5.92 Å². The van der Waals surface area contributed by atoms with Gasteiger partial charge in [0.05, 0.1) is 24.5 Å². The van der Waals surface area contributed by atoms with Crippen molar-refractivity contribution in [3.8, 4) is 11.1 Å². The first-order valence-corrected chi connectivity index (χ1v) is 14.5. The van der Waals surface area contributed by atoms with Gasteiger partial charge in [-0.25, -0.2) is 14.6 Å². The lowest BCUT2D eigenvalue weighted by molar-refractivity contribution is -0.563. The highest BCUT2D eigenvalue weighted by atomic mass is 35.5. The number of aliphatic imine (C=N–C) groups is 1. The summed E-state index contributed by atoms with van der Waals surface area (Å²) in [7, 11) is 0. The van der Waals surface area contributed by atoms with E-state index in [-0.39, 0.29) is 24.4 Å². The predicted molar refractivity (Wildman–Crippen MR) is 163 cm³/mol. The first kappa shape index (κ1) is 28.2. The smallest absolute Gasteiger partial charge is 0.333 e. The Morgan fingerprint density at radius 1 is 1.02 bits per heavy atom. The molecule has 1 unspecified atom stereocenters. The molecule has 1 N–H and O–H groups in total. The number of halogens is 1. The molecule has 9 nitrogen and oxygen atoms in total. The number of hydrogen-bond donors (Lipinski definition) is 1. The van der Waals surface area contributed by atoms with Gasteiger partial charge >= 0.3 is 11.8 Å². The molecule has 1 amide bonds. The number of amidine groups is 1. The Balaban J connectivity index is 1.25. The van der Waals surface area contributed by atoms with E-state index in [1.165, 1.54) is 4.57 Å². The largest absolute Gasteiger partial charge is 0.845 e. The summed E-state index contributed by atoms with van der Waals surface area (Å²) in [5, 5.41) is 16.5. The molecule has 2 aromatic heterocycles. The molecule has 1 aliphatic heterocycles. The number of carbonyl (C=O) groups is 2. The highest BCUT2D eigenvalue weighted by molar-refractivity contribution is 6.29. The third-order valence-corrected chi connectivity index (χ3v) is 7.90. The average Bonchev–Trinajstić information content (AvgIpc) is 3.54. The van der Waals surface area contributed by atoms with Gasteiger partial charge in [0, 0.05) is 17.8 Å². The van der Waals surface area contributed by atoms with Crippen LogP contribution >= 0.6 is 11.6 Å². The Morgan fingerprint density at radius 2 is 1.81 bits per heavy atom. The van der Waals surface area contributed by atoms with Gasteiger partial charge in [0.2, 0.25) is 0 Å². The number of nitrogens with one attached hydrogen (secondary N) is 1. The molecule has 3 heterocycles. The molecule has 4 aromatic rings. The highest BCUT2D eigenvalue weighted by Gasteiger charge is 2.47. The van der Waals surface area contributed by atoms with E-state index in [1.54, 1.807) is 53.8 Å². The van der Waals surface area contributed by atoms with E-state index in [0.717, 1.165) is 47.9 Å². The summed E-state index contributed by atoms with van der Waals surface area (Å²) < 4.78 is 1.52. The van der Waals surface area contributed by atoms with Crippen LogP contribution < -0.4 is 20.0 Å². The molecule has 0 saturated heterocycles. The maximum absolute atomic E-state index is 13.9. The Hall–Kier alpha value is -4.89. The Labute approximate surface area is 254 Å². The molecule has 1 saturated carbocycles. The standard InChI is InChI=1S/C33H29ClN6O3/c34-28-15-14-23(19-35-28)21-40-29-13-3-4-16-39(29)31(41)30(32(40)42)26-10-6-9-25(18-26)24-8-5-7-22(17-24)20-36-38-33(43)37-27-11-1-2-12-27/h3-10,13-20,27,30H,1-2,11-12,21H2,(H-,37,38,43)/b36-20+. The zero-order valence-corrected chi connectivity index (χ0v) is 24.0. The number of nitrogens with zero attached hydrogens (tertiary/aromatic N) is 5. The number of hydrazone groups is 1. The van der Waals surface area contributed by atoms with Gasteiger partial charge < -0.3 is 5.11 Å². The van der Waals surface area contributed by atoms with Crippen LogP contribution in [0.5, 0.6) is 0 Å². The van der Waals surface area contributed by atoms with Crippen molar-refractivity contribution >= 4 is 41.5 Å². The second-order valence-electron chi connectivity index (χ2n) is 10.6. The van der Waals surface area contributed by atoms with Crippen molar-refractivity contribution in [1.29, 1.82) is 0 Å². The number of amides is 1. The number of rotatable bonds is 7. The van der Waals surface area contributed by atoms with Crippen molar-refractivity contribution in [3.63, 3.8) is 0 Å². The molecular weight excluding hydrogens is 564 g/mol. The number of anilines is 1. The Kier molecular flexibility index (Phi) is 8.24. The molecule has 2 aliphatic rings. The molecule has 0 spiro atoms. The van der Waals surface area contributed by atoms with Crippen LogP contribution in [0.4, 0.5) is 5.82 Å². The normalized spacial score (nSPS) is 17.5. The minimum atomic E-state index is -1.02. The third-order valence-electron chi connectivity index (χ3n) is 7.68. The summed E-state index contributed by atoms with van der Waals surface area (Å²) in [5.74, 6) is -1.16. The van der Waals surface area contributed by atoms with Crippen LogP contribution in [0.1, 0.15) is 53.1 Å². The maximum atomic E-state index is 13.9. The van der Waals surface area contributed by atoms with Crippen molar-refractivity contribution in [1.82, 2.24) is 10.4 Å². The summed E-state index contributed by atoms with van der Waals surface area (Å²) in [6.45, 7) is 0.238. The molecule has 1 atom stereocenters. The lowest BCUT2D eigenvalue weighted by Gasteiger charge is -2.26. The van der Waals surface area contributed by atoms with E-state index >= 15 is 0 Å². The van der Waals surface area contributed by atoms with Gasteiger partial charge in [-0.2, -0.15) is 14.6 Å². The number of carbonyl (C=O) groups excluding carboxylic acids is 2. The van der Waals surface area contributed by atoms with Crippen LogP contribution in [-0.4, -0.2) is 35.1 Å². The van der Waals surface area contributed by atoms with E-state index < -0.39 is 11.9 Å². The van der Waals surface area contributed by atoms with Gasteiger partial charge in [0.25, 0.3) is 5.82 Å². The van der Waals surface area contributed by atoms with Crippen molar-refractivity contribution in [2.75, 3.05) is 4.90 Å². The summed E-state index contributed by atoms with van der Waals surface area (Å²) in [6.07, 6.45) is 8.97. The molecule has 1 fully saturated rings. The van der Waals surface area contributed by atoms with E-state index in [1.807, 2.05) is 48.5 Å². The fraction of sp³-hybridized carbons (Fsp3) is 0.212. The molecule has 0 radical (unpaired) electrons. The minimum absolute atomic E-state index is 0.0853. The van der Waals surface area contributed by atoms with Crippen LogP contribution in [0.3, 0.4) is 0 Å². The Morgan fingerprint density at radius 3 is 2.60 bits per heavy atom. The molecule has 2 aromatic carbocycles. The average molecular weight is 593 g/mol. The van der Waals surface area contributed by atoms with E-state index in [0.29, 0.717) is 16.5 Å². The van der Waals surface area contributed by atoms with Gasteiger partial charge in [-0.3, -0.25) is 10.4 Å². The molecule has 10 heteroatoms. The first-order valence-electron chi connectivity index (χ1n) is 14.2. The lowest BCUT2D eigenvalue weighted by atomic mass is 9.91. The monoisotopic (exact) mass is 592 g/mol. The van der Waals surface area contributed by atoms with Crippen molar-refractivity contribution in [3.05, 3.63) is 113 Å². The quantitative estimate of drug-likeness (QED) is 0.0861. The van der Waals surface area contributed by atoms with Crippen LogP contribution in [-0.2, 0) is 11.3 Å². The fourth-order valence-electron chi connectivity index (χ4n) is 5.57. The second kappa shape index (κ2) is 12.5. The third kappa shape index (κ3) is 6.32. The van der Waals surface area contributed by atoms with Crippen LogP contribution in [0.2, 0.25) is 5.15 Å². The number of pyridine rings is 2. The minimum Gasteiger partial charge on any atom is -0.845 e. The highest BCUT2D eigenvalue weighted by Crippen LogP contribution is 2.31. The molecule has 6 rings (SSSR count). The number of fused-ring (bicyclic) bond motifs is 1. The zero-order valence-electron chi connectivity index (χ0n) is 23.3. The van der Waals surface area contributed by atoms with Crippen molar-refractivity contribution < 1.29 is 19.3 Å². The zero-order chi connectivity index (χ0) is 29.8. The summed E-state index contributed by atoms with van der Waals surface area (Å²) in [4.78, 5) is 37.5. The van der Waals surface area contributed by atoms with Crippen molar-refractivity contribution in [2.45, 2.75) is 44.2 Å². The summed E-state index contributed by atoms with van der Waals surface area (Å²) in [6, 6.07) is 23.5. The van der Waals surface area contributed by atoms with Crippen LogP contribution in [0.15, 0.2) is 101 Å². The van der Waals surface area contributed by atoms with Gasteiger partial charge in [-0.05, 0) is 59.4 Å². The lowest BCUT2D eigenvalue weighted by Crippen LogP contribution is -2.59. The number of aromatic nitrogens is 2. The second-order valence-corrected chi connectivity index (χ2v) is 11.0. The van der Waals surface area contributed by atoms with Gasteiger partial charge in [-0.1, -0.05) is 73.0 Å². The van der Waals surface area contributed by atoms with Crippen LogP contribution in [0.25, 0.3) is 11.1 Å². The topological polar surface area (TPSA) is 114 Å².